The number of hydrogen-bond acceptors (Lipinski definition) is 4. The van der Waals surface area contributed by atoms with Crippen LogP contribution in [0.4, 0.5) is 0 Å². The third kappa shape index (κ3) is 4.65. The Morgan fingerprint density at radius 2 is 1.87 bits per heavy atom. The molecule has 2 heterocycles. The van der Waals surface area contributed by atoms with E-state index in [1.165, 1.54) is 16.3 Å². The molecule has 1 N–H and O–H groups in total. The Bertz CT molecular complexity index is 887. The molecule has 0 bridgehead atoms. The van der Waals surface area contributed by atoms with Crippen LogP contribution < -0.4 is 5.32 Å². The molecule has 0 saturated carbocycles. The third-order valence-electron chi connectivity index (χ3n) is 6.43. The Kier molecular flexibility index (Phi) is 6.65. The van der Waals surface area contributed by atoms with Crippen molar-refractivity contribution in [2.24, 2.45) is 5.92 Å². The molecule has 2 aromatic carbocycles. The molecule has 1 atom stereocenters. The van der Waals surface area contributed by atoms with Gasteiger partial charge in [0.15, 0.2) is 0 Å². The van der Waals surface area contributed by atoms with Gasteiger partial charge in [0.2, 0.25) is 11.8 Å². The highest BCUT2D eigenvalue weighted by Gasteiger charge is 2.34. The van der Waals surface area contributed by atoms with Gasteiger partial charge in [0.1, 0.15) is 0 Å². The third-order valence-corrected chi connectivity index (χ3v) is 6.43. The van der Waals surface area contributed by atoms with E-state index in [4.69, 9.17) is 4.74 Å². The highest BCUT2D eigenvalue weighted by atomic mass is 16.5. The molecular weight excluding hydrogens is 378 g/mol. The van der Waals surface area contributed by atoms with Gasteiger partial charge in [0.05, 0.1) is 12.5 Å². The average molecular weight is 410 g/mol. The number of likely N-dealkylation sites (tertiary alicyclic amines) is 1. The molecule has 0 radical (unpaired) electrons. The van der Waals surface area contributed by atoms with E-state index in [1.54, 1.807) is 7.11 Å². The van der Waals surface area contributed by atoms with Crippen LogP contribution in [0.1, 0.15) is 24.8 Å². The number of carbonyl (C=O) groups is 2. The zero-order valence-corrected chi connectivity index (χ0v) is 17.7. The van der Waals surface area contributed by atoms with E-state index in [-0.39, 0.29) is 18.2 Å². The molecule has 160 valence electrons. The number of nitrogens with zero attached hydrogens (tertiary/aromatic N) is 2. The minimum Gasteiger partial charge on any atom is -0.384 e. The van der Waals surface area contributed by atoms with Gasteiger partial charge >= 0.3 is 0 Å². The highest BCUT2D eigenvalue weighted by molar-refractivity contribution is 5.89. The van der Waals surface area contributed by atoms with Gasteiger partial charge in [-0.25, -0.2) is 0 Å². The number of carbonyl (C=O) groups excluding carboxylic acids is 2. The quantitative estimate of drug-likeness (QED) is 0.796. The summed E-state index contributed by atoms with van der Waals surface area (Å²) in [7, 11) is 1.73. The first kappa shape index (κ1) is 20.8. The average Bonchev–Trinajstić information content (AvgIpc) is 2.77. The van der Waals surface area contributed by atoms with E-state index >= 15 is 0 Å². The van der Waals surface area contributed by atoms with E-state index in [1.807, 2.05) is 17.0 Å². The van der Waals surface area contributed by atoms with Crippen LogP contribution in [-0.4, -0.2) is 67.6 Å². The molecule has 6 nitrogen and oxygen atoms in total. The van der Waals surface area contributed by atoms with Crippen LogP contribution in [0.3, 0.4) is 0 Å². The van der Waals surface area contributed by atoms with Gasteiger partial charge in [0, 0.05) is 46.4 Å². The van der Waals surface area contributed by atoms with Crippen LogP contribution in [0.25, 0.3) is 10.8 Å². The van der Waals surface area contributed by atoms with Crippen molar-refractivity contribution >= 4 is 22.6 Å². The first-order valence-corrected chi connectivity index (χ1v) is 10.9. The van der Waals surface area contributed by atoms with Crippen molar-refractivity contribution in [1.29, 1.82) is 0 Å². The molecule has 0 unspecified atom stereocenters. The van der Waals surface area contributed by atoms with Crippen molar-refractivity contribution < 1.29 is 14.3 Å². The highest BCUT2D eigenvalue weighted by Crippen LogP contribution is 2.23. The summed E-state index contributed by atoms with van der Waals surface area (Å²) in [4.78, 5) is 29.7. The van der Waals surface area contributed by atoms with Gasteiger partial charge < -0.3 is 15.0 Å². The van der Waals surface area contributed by atoms with E-state index in [0.29, 0.717) is 19.0 Å². The van der Waals surface area contributed by atoms with Crippen molar-refractivity contribution in [3.8, 4) is 0 Å². The van der Waals surface area contributed by atoms with Crippen LogP contribution >= 0.6 is 0 Å². The van der Waals surface area contributed by atoms with Crippen molar-refractivity contribution in [2.45, 2.75) is 31.8 Å². The Morgan fingerprint density at radius 3 is 2.67 bits per heavy atom. The van der Waals surface area contributed by atoms with Gasteiger partial charge in [-0.2, -0.15) is 0 Å². The first-order chi connectivity index (χ1) is 14.7. The van der Waals surface area contributed by atoms with E-state index in [2.05, 4.69) is 40.5 Å². The van der Waals surface area contributed by atoms with Crippen LogP contribution in [0.5, 0.6) is 0 Å². The number of ether oxygens (including phenoxy) is 1. The predicted octanol–water partition coefficient (Wildman–Crippen LogP) is 2.42. The lowest BCUT2D eigenvalue weighted by Crippen LogP contribution is -2.56. The molecule has 0 aliphatic carbocycles. The van der Waals surface area contributed by atoms with Crippen molar-refractivity contribution in [1.82, 2.24) is 15.1 Å². The van der Waals surface area contributed by atoms with Gasteiger partial charge in [-0.05, 0) is 35.1 Å². The van der Waals surface area contributed by atoms with Gasteiger partial charge in [0.25, 0.3) is 0 Å². The number of piperidine rings is 1. The van der Waals surface area contributed by atoms with Crippen LogP contribution in [-0.2, 0) is 20.9 Å². The number of methoxy groups -OCH3 is 1. The smallest absolute Gasteiger partial charge is 0.237 e. The molecular formula is C24H31N3O3. The van der Waals surface area contributed by atoms with E-state index < -0.39 is 6.04 Å². The summed E-state index contributed by atoms with van der Waals surface area (Å²) in [6.07, 6.45) is 2.18. The van der Waals surface area contributed by atoms with Gasteiger partial charge in [-0.3, -0.25) is 14.5 Å². The predicted molar refractivity (Wildman–Crippen MR) is 117 cm³/mol. The van der Waals surface area contributed by atoms with Gasteiger partial charge in [-0.15, -0.1) is 0 Å². The molecule has 2 fully saturated rings. The minimum atomic E-state index is -0.415. The summed E-state index contributed by atoms with van der Waals surface area (Å²) in [6, 6.07) is 14.2. The van der Waals surface area contributed by atoms with Crippen molar-refractivity contribution in [3.05, 3.63) is 48.0 Å². The van der Waals surface area contributed by atoms with Crippen LogP contribution in [0.2, 0.25) is 0 Å². The molecule has 0 aromatic heterocycles. The second-order valence-electron chi connectivity index (χ2n) is 8.40. The number of nitrogens with one attached hydrogen (secondary N) is 1. The number of piperazine rings is 1. The Morgan fingerprint density at radius 1 is 1.10 bits per heavy atom. The van der Waals surface area contributed by atoms with Crippen LogP contribution in [0, 0.1) is 5.92 Å². The topological polar surface area (TPSA) is 61.9 Å². The molecule has 2 aromatic rings. The maximum atomic E-state index is 13.0. The number of benzene rings is 2. The Balaban J connectivity index is 1.44. The summed E-state index contributed by atoms with van der Waals surface area (Å²) in [5, 5.41) is 5.35. The fourth-order valence-corrected chi connectivity index (χ4v) is 4.70. The summed E-state index contributed by atoms with van der Waals surface area (Å²) < 4.78 is 5.25. The van der Waals surface area contributed by atoms with Crippen LogP contribution in [0.15, 0.2) is 42.5 Å². The van der Waals surface area contributed by atoms with Gasteiger partial charge in [-0.1, -0.05) is 42.5 Å². The first-order valence-electron chi connectivity index (χ1n) is 10.9. The summed E-state index contributed by atoms with van der Waals surface area (Å²) in [5.74, 6) is 0.569. The minimum absolute atomic E-state index is 0.0379. The zero-order valence-electron chi connectivity index (χ0n) is 17.7. The number of rotatable bonds is 6. The molecule has 4 rings (SSSR count). The second kappa shape index (κ2) is 9.58. The molecule has 2 aliphatic heterocycles. The summed E-state index contributed by atoms with van der Waals surface area (Å²) >= 11 is 0. The van der Waals surface area contributed by atoms with E-state index in [0.717, 1.165) is 39.1 Å². The lowest BCUT2D eigenvalue weighted by Gasteiger charge is -2.37. The number of fused-ring (bicyclic) bond motifs is 1. The molecule has 2 aliphatic rings. The zero-order chi connectivity index (χ0) is 20.9. The maximum absolute atomic E-state index is 13.0. The number of amides is 2. The summed E-state index contributed by atoms with van der Waals surface area (Å²) in [5.41, 5.74) is 1.20. The molecule has 2 amide bonds. The lowest BCUT2D eigenvalue weighted by atomic mass is 9.97. The molecule has 0 spiro atoms. The molecule has 6 heteroatoms. The molecule has 30 heavy (non-hydrogen) atoms. The Labute approximate surface area is 178 Å². The van der Waals surface area contributed by atoms with E-state index in [9.17, 15) is 9.59 Å². The normalized spacial score (nSPS) is 21.0. The SMILES string of the molecule is COCC1CCN(C(=O)C[C@H]2C(=O)NCCN2Cc2cccc3ccccc23)CC1. The summed E-state index contributed by atoms with van der Waals surface area (Å²) in [6.45, 7) is 4.31. The maximum Gasteiger partial charge on any atom is 0.237 e. The second-order valence-corrected chi connectivity index (χ2v) is 8.40. The largest absolute Gasteiger partial charge is 0.384 e. The fourth-order valence-electron chi connectivity index (χ4n) is 4.70. The number of hydrogen-bond donors (Lipinski definition) is 1. The monoisotopic (exact) mass is 409 g/mol. The Hall–Kier alpha value is -2.44. The van der Waals surface area contributed by atoms with Crippen molar-refractivity contribution in [3.63, 3.8) is 0 Å². The fraction of sp³-hybridized carbons (Fsp3) is 0.500. The van der Waals surface area contributed by atoms with Crippen molar-refractivity contribution in [2.75, 3.05) is 39.9 Å². The standard InChI is InChI=1S/C24H31N3O3/c1-30-17-18-9-12-26(13-10-18)23(28)15-22-24(29)25-11-14-27(22)16-20-7-4-6-19-5-2-3-8-21(19)20/h2-8,18,22H,9-17H2,1H3,(H,25,29)/t22-/m0/s1. The molecule has 2 saturated heterocycles. The lowest BCUT2D eigenvalue weighted by molar-refractivity contribution is -0.140.